The molecule has 2 amide bonds. The highest BCUT2D eigenvalue weighted by molar-refractivity contribution is 6.01. The fraction of sp³-hybridized carbons (Fsp3) is 0.267. The molecule has 3 rings (SSSR count). The van der Waals surface area contributed by atoms with Gasteiger partial charge in [-0.05, 0) is 19.1 Å². The van der Waals surface area contributed by atoms with Crippen LogP contribution >= 0.6 is 0 Å². The zero-order chi connectivity index (χ0) is 16.4. The number of hydrogen-bond acceptors (Lipinski definition) is 6. The minimum atomic E-state index is -0.383. The van der Waals surface area contributed by atoms with E-state index in [4.69, 9.17) is 14.0 Å². The number of anilines is 2. The number of benzene rings is 1. The van der Waals surface area contributed by atoms with Crippen molar-refractivity contribution in [3.63, 3.8) is 0 Å². The number of hydrogen-bond donors (Lipinski definition) is 1. The van der Waals surface area contributed by atoms with Gasteiger partial charge in [-0.2, -0.15) is 0 Å². The molecule has 0 radical (unpaired) electrons. The molecule has 8 nitrogen and oxygen atoms in total. The molecular formula is C15H15N3O5. The first-order valence-corrected chi connectivity index (χ1v) is 6.94. The second-order valence-electron chi connectivity index (χ2n) is 5.01. The largest absolute Gasteiger partial charge is 0.454 e. The molecule has 0 spiro atoms. The monoisotopic (exact) mass is 317 g/mol. The van der Waals surface area contributed by atoms with Crippen LogP contribution in [0.25, 0.3) is 0 Å². The maximum atomic E-state index is 12.1. The van der Waals surface area contributed by atoms with Gasteiger partial charge < -0.3 is 24.2 Å². The molecule has 120 valence electrons. The number of ether oxygens (including phenoxy) is 2. The lowest BCUT2D eigenvalue weighted by Gasteiger charge is -2.20. The summed E-state index contributed by atoms with van der Waals surface area (Å²) in [6, 6.07) is 6.66. The number of nitrogens with one attached hydrogen (secondary N) is 1. The fourth-order valence-corrected chi connectivity index (χ4v) is 2.19. The van der Waals surface area contributed by atoms with Crippen molar-refractivity contribution >= 4 is 23.3 Å². The van der Waals surface area contributed by atoms with Crippen LogP contribution in [0.4, 0.5) is 11.5 Å². The molecule has 1 N–H and O–H groups in total. The Kier molecular flexibility index (Phi) is 3.88. The van der Waals surface area contributed by atoms with E-state index in [1.54, 1.807) is 31.2 Å². The number of carbonyl (C=O) groups is 2. The summed E-state index contributed by atoms with van der Waals surface area (Å²) < 4.78 is 15.4. The molecule has 0 fully saturated rings. The van der Waals surface area contributed by atoms with Crippen LogP contribution in [0.2, 0.25) is 0 Å². The highest BCUT2D eigenvalue weighted by atomic mass is 16.7. The number of carbonyl (C=O) groups excluding carboxylic acids is 2. The Hall–Kier alpha value is -3.03. The molecule has 0 aliphatic carbocycles. The van der Waals surface area contributed by atoms with Gasteiger partial charge in [-0.3, -0.25) is 9.59 Å². The van der Waals surface area contributed by atoms with Crippen molar-refractivity contribution < 1.29 is 23.6 Å². The minimum absolute atomic E-state index is 0.144. The second kappa shape index (κ2) is 5.99. The van der Waals surface area contributed by atoms with E-state index in [9.17, 15) is 9.59 Å². The number of rotatable bonds is 4. The molecule has 1 aromatic carbocycles. The van der Waals surface area contributed by atoms with Crippen molar-refractivity contribution in [2.24, 2.45) is 0 Å². The fourth-order valence-electron chi connectivity index (χ4n) is 2.19. The third kappa shape index (κ3) is 3.25. The first-order valence-electron chi connectivity index (χ1n) is 6.94. The van der Waals surface area contributed by atoms with Crippen LogP contribution in [-0.2, 0) is 9.59 Å². The zero-order valence-corrected chi connectivity index (χ0v) is 12.7. The van der Waals surface area contributed by atoms with Gasteiger partial charge in [0.15, 0.2) is 17.3 Å². The van der Waals surface area contributed by atoms with Crippen LogP contribution in [0.1, 0.15) is 12.7 Å². The molecule has 1 aliphatic heterocycles. The first kappa shape index (κ1) is 14.9. The van der Waals surface area contributed by atoms with E-state index in [1.807, 2.05) is 0 Å². The average Bonchev–Trinajstić information content (AvgIpc) is 3.12. The molecule has 0 bridgehead atoms. The van der Waals surface area contributed by atoms with Crippen molar-refractivity contribution in [2.45, 2.75) is 13.8 Å². The molecule has 2 heterocycles. The summed E-state index contributed by atoms with van der Waals surface area (Å²) in [4.78, 5) is 25.3. The van der Waals surface area contributed by atoms with Crippen molar-refractivity contribution in [3.05, 3.63) is 30.0 Å². The molecule has 0 saturated carbocycles. The van der Waals surface area contributed by atoms with Gasteiger partial charge in [0.25, 0.3) is 0 Å². The quantitative estimate of drug-likeness (QED) is 0.922. The van der Waals surface area contributed by atoms with Crippen LogP contribution in [-0.4, -0.2) is 30.3 Å². The molecule has 8 heteroatoms. The van der Waals surface area contributed by atoms with Crippen molar-refractivity contribution in [1.29, 1.82) is 0 Å². The molecule has 2 aromatic rings. The topological polar surface area (TPSA) is 93.9 Å². The van der Waals surface area contributed by atoms with Crippen LogP contribution in [0.15, 0.2) is 28.8 Å². The zero-order valence-electron chi connectivity index (χ0n) is 12.7. The normalized spacial score (nSPS) is 12.1. The van der Waals surface area contributed by atoms with Gasteiger partial charge in [-0.15, -0.1) is 0 Å². The standard InChI is InChI=1S/C15H15N3O5/c1-9-5-14(17-23-9)16-15(20)7-18(10(2)19)11-3-4-12-13(6-11)22-8-21-12/h3-6H,7-8H2,1-2H3,(H,16,17,20). The van der Waals surface area contributed by atoms with Gasteiger partial charge in [-0.25, -0.2) is 0 Å². The lowest BCUT2D eigenvalue weighted by atomic mass is 10.2. The van der Waals surface area contributed by atoms with Crippen molar-refractivity contribution in [1.82, 2.24) is 5.16 Å². The second-order valence-corrected chi connectivity index (χ2v) is 5.01. The summed E-state index contributed by atoms with van der Waals surface area (Å²) in [5.41, 5.74) is 0.549. The summed E-state index contributed by atoms with van der Waals surface area (Å²) in [6.45, 7) is 3.10. The Morgan fingerprint density at radius 3 is 2.74 bits per heavy atom. The highest BCUT2D eigenvalue weighted by Crippen LogP contribution is 2.35. The lowest BCUT2D eigenvalue weighted by molar-refractivity contribution is -0.120. The van der Waals surface area contributed by atoms with E-state index in [0.29, 0.717) is 28.8 Å². The predicted molar refractivity (Wildman–Crippen MR) is 80.5 cm³/mol. The summed E-state index contributed by atoms with van der Waals surface area (Å²) in [5, 5.41) is 6.26. The van der Waals surface area contributed by atoms with Gasteiger partial charge in [0.05, 0.1) is 0 Å². The maximum absolute atomic E-state index is 12.1. The summed E-state index contributed by atoms with van der Waals surface area (Å²) in [5.74, 6) is 1.39. The Labute approximate surface area is 131 Å². The summed E-state index contributed by atoms with van der Waals surface area (Å²) >= 11 is 0. The third-order valence-electron chi connectivity index (χ3n) is 3.25. The first-order chi connectivity index (χ1) is 11.0. The predicted octanol–water partition coefficient (Wildman–Crippen LogP) is 1.70. The number of amides is 2. The van der Waals surface area contributed by atoms with E-state index in [-0.39, 0.29) is 25.2 Å². The van der Waals surface area contributed by atoms with Crippen molar-refractivity contribution in [2.75, 3.05) is 23.6 Å². The molecular weight excluding hydrogens is 302 g/mol. The van der Waals surface area contributed by atoms with Gasteiger partial charge in [0, 0.05) is 24.7 Å². The van der Waals surface area contributed by atoms with E-state index in [1.165, 1.54) is 11.8 Å². The van der Waals surface area contributed by atoms with Gasteiger partial charge >= 0.3 is 0 Å². The molecule has 23 heavy (non-hydrogen) atoms. The van der Waals surface area contributed by atoms with E-state index >= 15 is 0 Å². The molecule has 1 aromatic heterocycles. The van der Waals surface area contributed by atoms with Crippen LogP contribution in [0.5, 0.6) is 11.5 Å². The number of fused-ring (bicyclic) bond motifs is 1. The molecule has 0 unspecified atom stereocenters. The molecule has 0 atom stereocenters. The number of nitrogens with zero attached hydrogens (tertiary/aromatic N) is 2. The Morgan fingerprint density at radius 2 is 2.04 bits per heavy atom. The van der Waals surface area contributed by atoms with E-state index in [2.05, 4.69) is 10.5 Å². The molecule has 1 aliphatic rings. The summed E-state index contributed by atoms with van der Waals surface area (Å²) in [6.07, 6.45) is 0. The minimum Gasteiger partial charge on any atom is -0.454 e. The highest BCUT2D eigenvalue weighted by Gasteiger charge is 2.20. The van der Waals surface area contributed by atoms with E-state index in [0.717, 1.165) is 0 Å². The average molecular weight is 317 g/mol. The smallest absolute Gasteiger partial charge is 0.245 e. The van der Waals surface area contributed by atoms with E-state index < -0.39 is 0 Å². The Morgan fingerprint density at radius 1 is 1.26 bits per heavy atom. The van der Waals surface area contributed by atoms with Gasteiger partial charge in [0.2, 0.25) is 18.6 Å². The Balaban J connectivity index is 1.74. The van der Waals surface area contributed by atoms with Crippen LogP contribution in [0.3, 0.4) is 0 Å². The van der Waals surface area contributed by atoms with Crippen LogP contribution in [0, 0.1) is 6.92 Å². The third-order valence-corrected chi connectivity index (χ3v) is 3.25. The van der Waals surface area contributed by atoms with Gasteiger partial charge in [-0.1, -0.05) is 5.16 Å². The lowest BCUT2D eigenvalue weighted by Crippen LogP contribution is -2.36. The van der Waals surface area contributed by atoms with Crippen LogP contribution < -0.4 is 19.7 Å². The Bertz CT molecular complexity index is 755. The summed E-state index contributed by atoms with van der Waals surface area (Å²) in [7, 11) is 0. The maximum Gasteiger partial charge on any atom is 0.245 e. The SMILES string of the molecule is CC(=O)N(CC(=O)Nc1cc(C)on1)c1ccc2c(c1)OCO2. The van der Waals surface area contributed by atoms with Gasteiger partial charge in [0.1, 0.15) is 12.3 Å². The number of aromatic nitrogens is 1. The number of aryl methyl sites for hydroxylation is 1. The molecule has 0 saturated heterocycles. The van der Waals surface area contributed by atoms with Crippen molar-refractivity contribution in [3.8, 4) is 11.5 Å².